The lowest BCUT2D eigenvalue weighted by molar-refractivity contribution is -0.119. The van der Waals surface area contributed by atoms with Crippen molar-refractivity contribution < 1.29 is 9.18 Å². The molecule has 9 heteroatoms. The van der Waals surface area contributed by atoms with Crippen molar-refractivity contribution in [2.75, 3.05) is 19.8 Å². The number of rotatable bonds is 9. The molecule has 1 amide bonds. The Morgan fingerprint density at radius 1 is 1.09 bits per heavy atom. The van der Waals surface area contributed by atoms with E-state index in [1.807, 2.05) is 78.3 Å². The lowest BCUT2D eigenvalue weighted by Crippen LogP contribution is -2.30. The van der Waals surface area contributed by atoms with Crippen LogP contribution in [0.4, 0.5) is 4.39 Å². The molecule has 176 valence electrons. The van der Waals surface area contributed by atoms with Gasteiger partial charge in [0, 0.05) is 10.6 Å². The van der Waals surface area contributed by atoms with E-state index in [2.05, 4.69) is 15.5 Å². The Morgan fingerprint density at radius 2 is 1.82 bits per heavy atom. The Kier molecular flexibility index (Phi) is 7.77. The summed E-state index contributed by atoms with van der Waals surface area (Å²) in [5.41, 5.74) is 1.78. The van der Waals surface area contributed by atoms with Crippen LogP contribution in [-0.2, 0) is 4.79 Å². The normalized spacial score (nSPS) is 13.1. The maximum atomic E-state index is 13.5. The number of amides is 1. The van der Waals surface area contributed by atoms with Crippen LogP contribution < -0.4 is 5.32 Å². The van der Waals surface area contributed by atoms with Crippen molar-refractivity contribution in [2.45, 2.75) is 24.2 Å². The summed E-state index contributed by atoms with van der Waals surface area (Å²) in [7, 11) is 3.92. The molecule has 2 atom stereocenters. The van der Waals surface area contributed by atoms with Crippen molar-refractivity contribution in [1.29, 1.82) is 0 Å². The van der Waals surface area contributed by atoms with Gasteiger partial charge in [0.2, 0.25) is 5.91 Å². The zero-order chi connectivity index (χ0) is 24.1. The summed E-state index contributed by atoms with van der Waals surface area (Å²) in [5.74, 6) is 0.473. The van der Waals surface area contributed by atoms with Crippen LogP contribution >= 0.6 is 23.1 Å². The van der Waals surface area contributed by atoms with Crippen LogP contribution in [0.1, 0.15) is 35.3 Å². The molecule has 0 spiro atoms. The highest BCUT2D eigenvalue weighted by Crippen LogP contribution is 2.29. The predicted octanol–water partition coefficient (Wildman–Crippen LogP) is 5.09. The number of hydrogen-bond acceptors (Lipinski definition) is 6. The van der Waals surface area contributed by atoms with Gasteiger partial charge < -0.3 is 5.32 Å². The fraction of sp³-hybridized carbons (Fsp3) is 0.240. The van der Waals surface area contributed by atoms with Crippen molar-refractivity contribution in [3.05, 3.63) is 94.2 Å². The number of nitrogens with one attached hydrogen (secondary N) is 1. The van der Waals surface area contributed by atoms with Gasteiger partial charge in [0.15, 0.2) is 11.0 Å². The quantitative estimate of drug-likeness (QED) is 0.328. The second kappa shape index (κ2) is 10.9. The molecule has 0 unspecified atom stereocenters. The number of benzene rings is 2. The molecule has 2 aromatic carbocycles. The first-order valence-electron chi connectivity index (χ1n) is 10.8. The van der Waals surface area contributed by atoms with Gasteiger partial charge in [-0.15, -0.1) is 21.5 Å². The highest BCUT2D eigenvalue weighted by molar-refractivity contribution is 7.99. The smallest absolute Gasteiger partial charge is 0.231 e. The van der Waals surface area contributed by atoms with E-state index in [-0.39, 0.29) is 29.6 Å². The maximum Gasteiger partial charge on any atom is 0.231 e. The average Bonchev–Trinajstić information content (AvgIpc) is 3.52. The van der Waals surface area contributed by atoms with Gasteiger partial charge in [0.1, 0.15) is 5.82 Å². The minimum atomic E-state index is -0.312. The first-order chi connectivity index (χ1) is 16.4. The molecule has 34 heavy (non-hydrogen) atoms. The molecule has 0 aliphatic carbocycles. The van der Waals surface area contributed by atoms with Crippen LogP contribution in [0.5, 0.6) is 0 Å². The third-order valence-corrected chi connectivity index (χ3v) is 7.36. The molecule has 0 radical (unpaired) electrons. The summed E-state index contributed by atoms with van der Waals surface area (Å²) in [5, 5.41) is 14.5. The fourth-order valence-electron chi connectivity index (χ4n) is 3.46. The molecule has 0 aliphatic rings. The van der Waals surface area contributed by atoms with E-state index < -0.39 is 0 Å². The number of thiophene rings is 1. The Hall–Kier alpha value is -3.01. The number of thioether (sulfide) groups is 1. The van der Waals surface area contributed by atoms with Crippen LogP contribution in [0.25, 0.3) is 5.69 Å². The molecule has 0 fully saturated rings. The molecule has 2 aromatic heterocycles. The van der Waals surface area contributed by atoms with E-state index in [1.54, 1.807) is 23.5 Å². The molecule has 4 aromatic rings. The van der Waals surface area contributed by atoms with Gasteiger partial charge in [-0.1, -0.05) is 48.2 Å². The van der Waals surface area contributed by atoms with Crippen molar-refractivity contribution in [1.82, 2.24) is 25.0 Å². The average molecular weight is 496 g/mol. The third kappa shape index (κ3) is 5.55. The van der Waals surface area contributed by atoms with Crippen molar-refractivity contribution in [3.63, 3.8) is 0 Å². The third-order valence-electron chi connectivity index (χ3n) is 5.49. The minimum absolute atomic E-state index is 0.0259. The molecule has 0 aliphatic heterocycles. The largest absolute Gasteiger partial charge is 0.344 e. The van der Waals surface area contributed by atoms with E-state index in [1.165, 1.54) is 23.9 Å². The standard InChI is InChI=1S/C25H26FN5OS2/c1-17(30(2)3)24-28-29-25(31(24)20-13-11-19(26)12-14-20)34-16-22(32)27-23(21-10-7-15-33-21)18-8-5-4-6-9-18/h4-15,17,23H,16H2,1-3H3,(H,27,32)/t17-,23-/m1/s1. The summed E-state index contributed by atoms with van der Waals surface area (Å²) in [6, 6.07) is 19.9. The lowest BCUT2D eigenvalue weighted by atomic mass is 10.1. The van der Waals surface area contributed by atoms with Crippen LogP contribution in [0, 0.1) is 5.82 Å². The Morgan fingerprint density at radius 3 is 2.47 bits per heavy atom. The van der Waals surface area contributed by atoms with E-state index in [0.717, 1.165) is 22.0 Å². The molecule has 0 bridgehead atoms. The van der Waals surface area contributed by atoms with Gasteiger partial charge in [-0.3, -0.25) is 14.3 Å². The number of carbonyl (C=O) groups excluding carboxylic acids is 1. The number of carbonyl (C=O) groups is 1. The zero-order valence-electron chi connectivity index (χ0n) is 19.2. The van der Waals surface area contributed by atoms with Gasteiger partial charge in [0.25, 0.3) is 0 Å². The minimum Gasteiger partial charge on any atom is -0.344 e. The molecular weight excluding hydrogens is 469 g/mol. The zero-order valence-corrected chi connectivity index (χ0v) is 20.8. The van der Waals surface area contributed by atoms with E-state index in [4.69, 9.17) is 0 Å². The van der Waals surface area contributed by atoms with Crippen molar-refractivity contribution in [2.24, 2.45) is 0 Å². The summed E-state index contributed by atoms with van der Waals surface area (Å²) in [6.07, 6.45) is 0. The maximum absolute atomic E-state index is 13.5. The first kappa shape index (κ1) is 24.1. The highest BCUT2D eigenvalue weighted by Gasteiger charge is 2.23. The predicted molar refractivity (Wildman–Crippen MR) is 135 cm³/mol. The molecule has 2 heterocycles. The monoisotopic (exact) mass is 495 g/mol. The Labute approximate surface area is 206 Å². The van der Waals surface area contributed by atoms with Crippen molar-refractivity contribution in [3.8, 4) is 5.69 Å². The van der Waals surface area contributed by atoms with Gasteiger partial charge in [0.05, 0.1) is 17.8 Å². The SMILES string of the molecule is C[C@H](c1nnc(SCC(=O)N[C@H](c2ccccc2)c2cccs2)n1-c1ccc(F)cc1)N(C)C. The van der Waals surface area contributed by atoms with Crippen LogP contribution in [-0.4, -0.2) is 45.4 Å². The van der Waals surface area contributed by atoms with Gasteiger partial charge in [-0.25, -0.2) is 4.39 Å². The van der Waals surface area contributed by atoms with Crippen molar-refractivity contribution >= 4 is 29.0 Å². The van der Waals surface area contributed by atoms with Crippen LogP contribution in [0.3, 0.4) is 0 Å². The number of hydrogen-bond donors (Lipinski definition) is 1. The molecule has 6 nitrogen and oxygen atoms in total. The van der Waals surface area contributed by atoms with E-state index >= 15 is 0 Å². The van der Waals surface area contributed by atoms with Crippen LogP contribution in [0.2, 0.25) is 0 Å². The van der Waals surface area contributed by atoms with Gasteiger partial charge in [-0.2, -0.15) is 0 Å². The fourth-order valence-corrected chi connectivity index (χ4v) is 5.03. The summed E-state index contributed by atoms with van der Waals surface area (Å²) in [6.45, 7) is 2.02. The molecule has 0 saturated carbocycles. The Bertz CT molecular complexity index is 1210. The van der Waals surface area contributed by atoms with Crippen LogP contribution in [0.15, 0.2) is 77.3 Å². The second-order valence-electron chi connectivity index (χ2n) is 8.01. The highest BCUT2D eigenvalue weighted by atomic mass is 32.2. The molecule has 4 rings (SSSR count). The molecule has 1 N–H and O–H groups in total. The summed E-state index contributed by atoms with van der Waals surface area (Å²) >= 11 is 2.92. The summed E-state index contributed by atoms with van der Waals surface area (Å²) in [4.78, 5) is 16.1. The summed E-state index contributed by atoms with van der Waals surface area (Å²) < 4.78 is 15.4. The van der Waals surface area contributed by atoms with E-state index in [9.17, 15) is 9.18 Å². The first-order valence-corrected chi connectivity index (χ1v) is 12.7. The lowest BCUT2D eigenvalue weighted by Gasteiger charge is -2.20. The molecular formula is C25H26FN5OS2. The topological polar surface area (TPSA) is 63.1 Å². The number of aromatic nitrogens is 3. The number of halogens is 1. The van der Waals surface area contributed by atoms with Gasteiger partial charge in [-0.05, 0) is 62.3 Å². The van der Waals surface area contributed by atoms with Gasteiger partial charge >= 0.3 is 0 Å². The molecule has 0 saturated heterocycles. The van der Waals surface area contributed by atoms with E-state index in [0.29, 0.717) is 5.16 Å². The Balaban J connectivity index is 1.55. The second-order valence-corrected chi connectivity index (χ2v) is 9.93. The number of nitrogens with zero attached hydrogens (tertiary/aromatic N) is 4.